The molecule has 0 amide bonds. The Labute approximate surface area is 94.7 Å². The molecule has 0 unspecified atom stereocenters. The van der Waals surface area contributed by atoms with E-state index in [1.807, 2.05) is 0 Å². The van der Waals surface area contributed by atoms with Crippen LogP contribution < -0.4 is 10.3 Å². The molecule has 0 saturated heterocycles. The summed E-state index contributed by atoms with van der Waals surface area (Å²) in [6.07, 6.45) is -3.43. The van der Waals surface area contributed by atoms with Gasteiger partial charge in [0.25, 0.3) is 5.56 Å². The van der Waals surface area contributed by atoms with E-state index in [9.17, 15) is 18.0 Å². The molecule has 2 heterocycles. The fourth-order valence-electron chi connectivity index (χ4n) is 1.32. The zero-order valence-electron chi connectivity index (χ0n) is 9.36. The summed E-state index contributed by atoms with van der Waals surface area (Å²) in [6.45, 7) is 0. The van der Waals surface area contributed by atoms with E-state index in [-0.39, 0.29) is 18.5 Å². The van der Waals surface area contributed by atoms with Gasteiger partial charge in [0.2, 0.25) is 0 Å². The molecule has 0 atom stereocenters. The summed E-state index contributed by atoms with van der Waals surface area (Å²) in [5, 5.41) is 0. The topological polar surface area (TPSA) is 43.6 Å². The lowest BCUT2D eigenvalue weighted by Crippen LogP contribution is -2.19. The van der Waals surface area contributed by atoms with Crippen LogP contribution in [0.3, 0.4) is 0 Å². The van der Waals surface area contributed by atoms with Crippen LogP contribution in [0, 0.1) is 0 Å². The molecular formula is C10H7F3N2O2. The summed E-state index contributed by atoms with van der Waals surface area (Å²) < 4.78 is 50.0. The first kappa shape index (κ1) is 10.1. The number of nitrogens with zero attached hydrogens (tertiary/aromatic N) is 2. The van der Waals surface area contributed by atoms with Crippen LogP contribution in [0.25, 0.3) is 5.65 Å². The first-order valence-corrected chi connectivity index (χ1v) is 4.44. The van der Waals surface area contributed by atoms with Crippen molar-refractivity contribution in [3.8, 4) is 5.75 Å². The Bertz CT molecular complexity index is 639. The third-order valence-electron chi connectivity index (χ3n) is 2.10. The largest absolute Gasteiger partial charge is 0.497 e. The average molecular weight is 245 g/mol. The van der Waals surface area contributed by atoms with Crippen molar-refractivity contribution in [1.29, 1.82) is 0 Å². The number of rotatable bonds is 1. The lowest BCUT2D eigenvalue weighted by atomic mass is 10.3. The van der Waals surface area contributed by atoms with Crippen LogP contribution in [0.2, 0.25) is 0 Å². The number of halogens is 3. The van der Waals surface area contributed by atoms with Gasteiger partial charge in [0.1, 0.15) is 11.4 Å². The Balaban J connectivity index is 2.65. The van der Waals surface area contributed by atoms with Gasteiger partial charge in [-0.05, 0) is 6.07 Å². The molecule has 0 radical (unpaired) electrons. The van der Waals surface area contributed by atoms with E-state index in [0.29, 0.717) is 6.07 Å². The van der Waals surface area contributed by atoms with Gasteiger partial charge in [0.05, 0.1) is 8.46 Å². The van der Waals surface area contributed by atoms with E-state index in [4.69, 9.17) is 6.11 Å². The zero-order chi connectivity index (χ0) is 13.3. The van der Waals surface area contributed by atoms with Gasteiger partial charge in [-0.15, -0.1) is 0 Å². The Kier molecular flexibility index (Phi) is 2.24. The second-order valence-electron chi connectivity index (χ2n) is 3.21. The maximum atomic E-state index is 12.5. The number of hydrogen-bond donors (Lipinski definition) is 0. The fraction of sp³-hybridized carbons (Fsp3) is 0.200. The van der Waals surface area contributed by atoms with E-state index >= 15 is 0 Å². The third-order valence-corrected chi connectivity index (χ3v) is 2.10. The number of fused-ring (bicyclic) bond motifs is 1. The minimum absolute atomic E-state index is 0.177. The van der Waals surface area contributed by atoms with Gasteiger partial charge >= 0.3 is 6.18 Å². The molecule has 2 aromatic rings. The van der Waals surface area contributed by atoms with E-state index < -0.39 is 17.4 Å². The molecule has 17 heavy (non-hydrogen) atoms. The number of aromatic nitrogens is 2. The standard InChI is InChI=1S/C10H7F3N2O2/c1-17-6-2-3-15-8(4-6)14-7(5-9(15)16)10(11,12)13/h2-5H,1H3/i1D. The van der Waals surface area contributed by atoms with Crippen molar-refractivity contribution in [1.82, 2.24) is 9.38 Å². The highest BCUT2D eigenvalue weighted by Gasteiger charge is 2.33. The molecule has 90 valence electrons. The van der Waals surface area contributed by atoms with Crippen molar-refractivity contribution in [2.24, 2.45) is 0 Å². The lowest BCUT2D eigenvalue weighted by Gasteiger charge is -2.07. The van der Waals surface area contributed by atoms with Gasteiger partial charge in [-0.25, -0.2) is 4.98 Å². The average Bonchev–Trinajstić information content (AvgIpc) is 2.27. The summed E-state index contributed by atoms with van der Waals surface area (Å²) in [4.78, 5) is 14.8. The molecule has 7 heteroatoms. The molecule has 4 nitrogen and oxygen atoms in total. The quantitative estimate of drug-likeness (QED) is 0.768. The summed E-state index contributed by atoms with van der Waals surface area (Å²) in [5.74, 6) is 0.177. The van der Waals surface area contributed by atoms with Crippen molar-refractivity contribution < 1.29 is 19.3 Å². The van der Waals surface area contributed by atoms with Crippen molar-refractivity contribution in [2.45, 2.75) is 6.18 Å². The van der Waals surface area contributed by atoms with Gasteiger partial charge in [0, 0.05) is 18.3 Å². The van der Waals surface area contributed by atoms with Gasteiger partial charge in [0.15, 0.2) is 5.69 Å². The van der Waals surface area contributed by atoms with Crippen LogP contribution in [-0.2, 0) is 6.18 Å². The van der Waals surface area contributed by atoms with Gasteiger partial charge < -0.3 is 4.74 Å². The monoisotopic (exact) mass is 245 g/mol. The van der Waals surface area contributed by atoms with Gasteiger partial charge in [-0.3, -0.25) is 9.20 Å². The summed E-state index contributed by atoms with van der Waals surface area (Å²) >= 11 is 0. The predicted molar refractivity (Wildman–Crippen MR) is 53.0 cm³/mol. The SMILES string of the molecule is [2H]COc1ccn2c(=O)cc(C(F)(F)F)nc2c1. The molecule has 0 aliphatic rings. The van der Waals surface area contributed by atoms with E-state index in [0.717, 1.165) is 4.40 Å². The smallest absolute Gasteiger partial charge is 0.433 e. The molecule has 0 aliphatic heterocycles. The molecule has 2 rings (SSSR count). The minimum Gasteiger partial charge on any atom is -0.497 e. The number of alkyl halides is 3. The molecule has 0 spiro atoms. The molecule has 0 bridgehead atoms. The number of pyridine rings is 1. The maximum absolute atomic E-state index is 12.5. The highest BCUT2D eigenvalue weighted by molar-refractivity contribution is 5.44. The molecule has 0 fully saturated rings. The predicted octanol–water partition coefficient (Wildman–Crippen LogP) is 1.72. The molecule has 0 saturated carbocycles. The third kappa shape index (κ3) is 2.08. The van der Waals surface area contributed by atoms with Gasteiger partial charge in [-0.1, -0.05) is 0 Å². The van der Waals surface area contributed by atoms with E-state index in [1.54, 1.807) is 0 Å². The fourth-order valence-corrected chi connectivity index (χ4v) is 1.32. The number of ether oxygens (including phenoxy) is 1. The second kappa shape index (κ2) is 3.76. The lowest BCUT2D eigenvalue weighted by molar-refractivity contribution is -0.141. The summed E-state index contributed by atoms with van der Waals surface area (Å²) in [5.41, 5.74) is -2.26. The van der Waals surface area contributed by atoms with Crippen molar-refractivity contribution >= 4 is 5.65 Å². The van der Waals surface area contributed by atoms with Gasteiger partial charge in [-0.2, -0.15) is 13.2 Å². The Hall–Kier alpha value is -2.05. The molecular weight excluding hydrogens is 237 g/mol. The summed E-state index contributed by atoms with van der Waals surface area (Å²) in [6, 6.07) is 2.97. The first-order chi connectivity index (χ1) is 8.41. The van der Waals surface area contributed by atoms with Crippen molar-refractivity contribution in [2.75, 3.05) is 7.09 Å². The van der Waals surface area contributed by atoms with Crippen LogP contribution in [0.15, 0.2) is 29.2 Å². The normalized spacial score (nSPS) is 12.5. The van der Waals surface area contributed by atoms with Crippen LogP contribution in [0.4, 0.5) is 13.2 Å². The van der Waals surface area contributed by atoms with E-state index in [2.05, 4.69) is 4.98 Å². The molecule has 0 aliphatic carbocycles. The highest BCUT2D eigenvalue weighted by Crippen LogP contribution is 2.27. The Morgan fingerprint density at radius 2 is 2.24 bits per heavy atom. The van der Waals surface area contributed by atoms with Crippen LogP contribution in [0.5, 0.6) is 5.75 Å². The highest BCUT2D eigenvalue weighted by atomic mass is 19.4. The van der Waals surface area contributed by atoms with Crippen molar-refractivity contribution in [3.05, 3.63) is 40.4 Å². The number of methoxy groups -OCH3 is 1. The van der Waals surface area contributed by atoms with Crippen LogP contribution in [-0.4, -0.2) is 16.5 Å². The molecule has 0 N–H and O–H groups in total. The minimum atomic E-state index is -4.68. The van der Waals surface area contributed by atoms with Crippen LogP contribution >= 0.6 is 0 Å². The Morgan fingerprint density at radius 1 is 1.47 bits per heavy atom. The first-order valence-electron chi connectivity index (χ1n) is 5.15. The molecule has 2 aromatic heterocycles. The van der Waals surface area contributed by atoms with Crippen molar-refractivity contribution in [3.63, 3.8) is 0 Å². The Morgan fingerprint density at radius 3 is 2.88 bits per heavy atom. The zero-order valence-corrected chi connectivity index (χ0v) is 8.36. The summed E-state index contributed by atoms with van der Waals surface area (Å²) in [7, 11) is -0.376. The van der Waals surface area contributed by atoms with E-state index in [1.165, 1.54) is 18.3 Å². The second-order valence-corrected chi connectivity index (χ2v) is 3.21. The maximum Gasteiger partial charge on any atom is 0.433 e. The molecule has 0 aromatic carbocycles. The van der Waals surface area contributed by atoms with Crippen LogP contribution in [0.1, 0.15) is 7.06 Å². The number of hydrogen-bond acceptors (Lipinski definition) is 3.